The molecule has 35 heavy (non-hydrogen) atoms. The van der Waals surface area contributed by atoms with Crippen molar-refractivity contribution in [3.63, 3.8) is 0 Å². The number of methoxy groups -OCH3 is 2. The summed E-state index contributed by atoms with van der Waals surface area (Å²) >= 11 is 0. The maximum absolute atomic E-state index is 13.4. The van der Waals surface area contributed by atoms with Crippen molar-refractivity contribution >= 4 is 29.2 Å². The lowest BCUT2D eigenvalue weighted by molar-refractivity contribution is -0.124. The minimum Gasteiger partial charge on any atom is -0.497 e. The summed E-state index contributed by atoms with van der Waals surface area (Å²) in [6, 6.07) is 19.9. The molecule has 4 amide bonds. The Balaban J connectivity index is 1.58. The fourth-order valence-electron chi connectivity index (χ4n) is 3.93. The molecule has 0 saturated carbocycles. The number of carbonyl (C=O) groups is 3. The zero-order valence-electron chi connectivity index (χ0n) is 19.9. The number of carbonyl (C=O) groups excluding carboxylic acids is 3. The summed E-state index contributed by atoms with van der Waals surface area (Å²) in [5, 5.41) is 2.80. The summed E-state index contributed by atoms with van der Waals surface area (Å²) in [7, 11) is 3.11. The third kappa shape index (κ3) is 5.27. The number of urea groups is 1. The molecule has 180 valence electrons. The second-order valence-electron chi connectivity index (χ2n) is 8.26. The topological polar surface area (TPSA) is 88.2 Å². The quantitative estimate of drug-likeness (QED) is 0.491. The van der Waals surface area contributed by atoms with Gasteiger partial charge in [0.25, 0.3) is 5.91 Å². The number of anilines is 2. The first-order chi connectivity index (χ1) is 16.9. The van der Waals surface area contributed by atoms with Crippen LogP contribution in [-0.4, -0.2) is 43.0 Å². The predicted molar refractivity (Wildman–Crippen MR) is 133 cm³/mol. The standard InChI is InChI=1S/C27H27N3O5/c1-18-4-6-19(7-5-18)17-29-24(16-25(31)28-20-8-12-22(34-2)13-9-20)26(32)30(27(29)33)21-10-14-23(35-3)15-11-21/h4-15,24H,16-17H2,1-3H3,(H,28,31)/t24-/m1/s1. The van der Waals surface area contributed by atoms with Gasteiger partial charge in [-0.1, -0.05) is 29.8 Å². The molecule has 0 radical (unpaired) electrons. The maximum atomic E-state index is 13.4. The highest BCUT2D eigenvalue weighted by molar-refractivity contribution is 6.22. The van der Waals surface area contributed by atoms with Crippen LogP contribution in [-0.2, 0) is 16.1 Å². The lowest BCUT2D eigenvalue weighted by Crippen LogP contribution is -2.37. The second-order valence-corrected chi connectivity index (χ2v) is 8.26. The Bertz CT molecular complexity index is 1210. The van der Waals surface area contributed by atoms with Crippen LogP contribution in [0.4, 0.5) is 16.2 Å². The van der Waals surface area contributed by atoms with Crippen LogP contribution >= 0.6 is 0 Å². The van der Waals surface area contributed by atoms with Crippen LogP contribution in [0.1, 0.15) is 17.5 Å². The highest BCUT2D eigenvalue weighted by atomic mass is 16.5. The molecule has 3 aromatic rings. The van der Waals surface area contributed by atoms with Gasteiger partial charge in [-0.2, -0.15) is 0 Å². The minimum atomic E-state index is -0.941. The number of rotatable bonds is 8. The SMILES string of the molecule is COc1ccc(NC(=O)C[C@@H]2C(=O)N(c3ccc(OC)cc3)C(=O)N2Cc2ccc(C)cc2)cc1. The molecule has 8 nitrogen and oxygen atoms in total. The van der Waals surface area contributed by atoms with Crippen molar-refractivity contribution in [2.75, 3.05) is 24.4 Å². The number of aryl methyl sites for hydroxylation is 1. The lowest BCUT2D eigenvalue weighted by Gasteiger charge is -2.22. The van der Waals surface area contributed by atoms with Crippen LogP contribution in [0.25, 0.3) is 0 Å². The first kappa shape index (κ1) is 23.8. The Kier molecular flexibility index (Phi) is 7.01. The second kappa shape index (κ2) is 10.3. The number of amides is 4. The van der Waals surface area contributed by atoms with E-state index in [-0.39, 0.29) is 18.9 Å². The zero-order valence-corrected chi connectivity index (χ0v) is 19.9. The fraction of sp³-hybridized carbons (Fsp3) is 0.222. The smallest absolute Gasteiger partial charge is 0.332 e. The van der Waals surface area contributed by atoms with Gasteiger partial charge in [-0.3, -0.25) is 9.59 Å². The number of hydrogen-bond acceptors (Lipinski definition) is 5. The van der Waals surface area contributed by atoms with E-state index in [0.717, 1.165) is 16.0 Å². The Labute approximate surface area is 204 Å². The highest BCUT2D eigenvalue weighted by Crippen LogP contribution is 2.30. The van der Waals surface area contributed by atoms with E-state index in [1.807, 2.05) is 31.2 Å². The minimum absolute atomic E-state index is 0.172. The number of nitrogens with one attached hydrogen (secondary N) is 1. The van der Waals surface area contributed by atoms with Gasteiger partial charge in [0.1, 0.15) is 17.5 Å². The van der Waals surface area contributed by atoms with E-state index in [9.17, 15) is 14.4 Å². The van der Waals surface area contributed by atoms with Gasteiger partial charge in [-0.15, -0.1) is 0 Å². The van der Waals surface area contributed by atoms with E-state index in [2.05, 4.69) is 5.32 Å². The third-order valence-corrected chi connectivity index (χ3v) is 5.88. The molecule has 1 atom stereocenters. The molecule has 1 N–H and O–H groups in total. The van der Waals surface area contributed by atoms with Crippen molar-refractivity contribution in [3.05, 3.63) is 83.9 Å². The summed E-state index contributed by atoms with van der Waals surface area (Å²) in [4.78, 5) is 42.3. The van der Waals surface area contributed by atoms with E-state index in [1.165, 1.54) is 4.90 Å². The molecule has 1 saturated heterocycles. The van der Waals surface area contributed by atoms with Crippen LogP contribution < -0.4 is 19.7 Å². The summed E-state index contributed by atoms with van der Waals surface area (Å²) in [6.45, 7) is 2.18. The average Bonchev–Trinajstić information content (AvgIpc) is 3.09. The van der Waals surface area contributed by atoms with Crippen molar-refractivity contribution < 1.29 is 23.9 Å². The number of imide groups is 1. The Morgan fingerprint density at radius 2 is 1.43 bits per heavy atom. The number of benzene rings is 3. The van der Waals surface area contributed by atoms with Gasteiger partial charge >= 0.3 is 6.03 Å². The van der Waals surface area contributed by atoms with Crippen LogP contribution in [0, 0.1) is 6.92 Å². The van der Waals surface area contributed by atoms with Gasteiger partial charge in [0.05, 0.1) is 26.3 Å². The maximum Gasteiger partial charge on any atom is 0.332 e. The molecule has 0 spiro atoms. The van der Waals surface area contributed by atoms with Gasteiger partial charge < -0.3 is 19.7 Å². The third-order valence-electron chi connectivity index (χ3n) is 5.88. The fourth-order valence-corrected chi connectivity index (χ4v) is 3.93. The normalized spacial score (nSPS) is 15.3. The summed E-state index contributed by atoms with van der Waals surface area (Å²) < 4.78 is 10.3. The Hall–Kier alpha value is -4.33. The molecule has 0 aliphatic carbocycles. The van der Waals surface area contributed by atoms with Crippen molar-refractivity contribution in [1.82, 2.24) is 4.90 Å². The van der Waals surface area contributed by atoms with E-state index in [4.69, 9.17) is 9.47 Å². The Morgan fingerprint density at radius 1 is 0.857 bits per heavy atom. The first-order valence-corrected chi connectivity index (χ1v) is 11.2. The number of nitrogens with zero attached hydrogens (tertiary/aromatic N) is 2. The van der Waals surface area contributed by atoms with Gasteiger partial charge in [0.2, 0.25) is 5.91 Å². The van der Waals surface area contributed by atoms with E-state index >= 15 is 0 Å². The molecule has 3 aromatic carbocycles. The zero-order chi connectivity index (χ0) is 24.9. The highest BCUT2D eigenvalue weighted by Gasteiger charge is 2.46. The van der Waals surface area contributed by atoms with E-state index in [0.29, 0.717) is 22.9 Å². The molecular weight excluding hydrogens is 446 g/mol. The summed E-state index contributed by atoms with van der Waals surface area (Å²) in [5.41, 5.74) is 2.96. The van der Waals surface area contributed by atoms with E-state index < -0.39 is 18.0 Å². The molecular formula is C27H27N3O5. The molecule has 8 heteroatoms. The lowest BCUT2D eigenvalue weighted by atomic mass is 10.1. The summed E-state index contributed by atoms with van der Waals surface area (Å²) in [6.07, 6.45) is -0.172. The van der Waals surface area contributed by atoms with Crippen molar-refractivity contribution in [2.45, 2.75) is 25.9 Å². The molecule has 0 aromatic heterocycles. The van der Waals surface area contributed by atoms with Crippen molar-refractivity contribution in [1.29, 1.82) is 0 Å². The van der Waals surface area contributed by atoms with E-state index in [1.54, 1.807) is 62.8 Å². The summed E-state index contributed by atoms with van der Waals surface area (Å²) in [5.74, 6) is 0.461. The molecule has 0 unspecified atom stereocenters. The molecule has 0 bridgehead atoms. The number of ether oxygens (including phenoxy) is 2. The van der Waals surface area contributed by atoms with Gasteiger partial charge in [-0.25, -0.2) is 9.69 Å². The van der Waals surface area contributed by atoms with Crippen LogP contribution in [0.3, 0.4) is 0 Å². The van der Waals surface area contributed by atoms with Gasteiger partial charge in [0.15, 0.2) is 0 Å². The molecule has 4 rings (SSSR count). The van der Waals surface area contributed by atoms with Gasteiger partial charge in [-0.05, 0) is 61.0 Å². The van der Waals surface area contributed by atoms with Crippen LogP contribution in [0.15, 0.2) is 72.8 Å². The average molecular weight is 474 g/mol. The molecule has 1 aliphatic heterocycles. The first-order valence-electron chi connectivity index (χ1n) is 11.2. The van der Waals surface area contributed by atoms with Gasteiger partial charge in [0, 0.05) is 12.2 Å². The number of hydrogen-bond donors (Lipinski definition) is 1. The largest absolute Gasteiger partial charge is 0.497 e. The van der Waals surface area contributed by atoms with Crippen molar-refractivity contribution in [3.8, 4) is 11.5 Å². The Morgan fingerprint density at radius 3 is 2.00 bits per heavy atom. The monoisotopic (exact) mass is 473 g/mol. The van der Waals surface area contributed by atoms with Crippen LogP contribution in [0.5, 0.6) is 11.5 Å². The predicted octanol–water partition coefficient (Wildman–Crippen LogP) is 4.38. The molecule has 1 aliphatic rings. The molecule has 1 heterocycles. The van der Waals surface area contributed by atoms with Crippen molar-refractivity contribution in [2.24, 2.45) is 0 Å². The molecule has 1 fully saturated rings. The van der Waals surface area contributed by atoms with Crippen LogP contribution in [0.2, 0.25) is 0 Å².